The van der Waals surface area contributed by atoms with Gasteiger partial charge in [0, 0.05) is 29.1 Å². The molecule has 1 fully saturated rings. The predicted octanol–water partition coefficient (Wildman–Crippen LogP) is 2.93. The van der Waals surface area contributed by atoms with E-state index in [1.54, 1.807) is 6.07 Å². The molecule has 0 saturated heterocycles. The van der Waals surface area contributed by atoms with Crippen molar-refractivity contribution in [3.8, 4) is 0 Å². The Morgan fingerprint density at radius 1 is 1.41 bits per heavy atom. The average molecular weight is 232 g/mol. The van der Waals surface area contributed by atoms with E-state index in [0.29, 0.717) is 11.9 Å². The first kappa shape index (κ1) is 10.8. The molecule has 0 bridgehead atoms. The average Bonchev–Trinajstić information content (AvgIpc) is 2.68. The number of halogens is 1. The van der Waals surface area contributed by atoms with Gasteiger partial charge in [0.1, 0.15) is 5.82 Å². The summed E-state index contributed by atoms with van der Waals surface area (Å²) in [5, 5.41) is 0.712. The van der Waals surface area contributed by atoms with Crippen LogP contribution in [0.1, 0.15) is 25.8 Å². The van der Waals surface area contributed by atoms with Gasteiger partial charge in [-0.15, -0.1) is 0 Å². The van der Waals surface area contributed by atoms with Crippen molar-refractivity contribution in [3.05, 3.63) is 35.8 Å². The van der Waals surface area contributed by atoms with Crippen molar-refractivity contribution in [2.24, 2.45) is 11.1 Å². The molecule has 1 heterocycles. The van der Waals surface area contributed by atoms with Crippen LogP contribution in [0.5, 0.6) is 0 Å². The van der Waals surface area contributed by atoms with E-state index in [2.05, 4.69) is 18.8 Å². The lowest BCUT2D eigenvalue weighted by Gasteiger charge is -2.18. The lowest BCUT2D eigenvalue weighted by molar-refractivity contribution is 0.504. The Balaban J connectivity index is 2.26. The Kier molecular flexibility index (Phi) is 1.97. The second-order valence-corrected chi connectivity index (χ2v) is 5.71. The molecule has 0 spiro atoms. The maximum absolute atomic E-state index is 14.0. The van der Waals surface area contributed by atoms with Crippen LogP contribution in [-0.2, 0) is 5.41 Å². The van der Waals surface area contributed by atoms with Gasteiger partial charge < -0.3 is 10.7 Å². The van der Waals surface area contributed by atoms with Crippen molar-refractivity contribution in [2.45, 2.75) is 25.7 Å². The molecule has 1 saturated carbocycles. The SMILES string of the molecule is CC1(C)CC1(CN)c1c[nH]c2cccc(F)c12. The van der Waals surface area contributed by atoms with E-state index in [0.717, 1.165) is 17.5 Å². The molecule has 17 heavy (non-hydrogen) atoms. The summed E-state index contributed by atoms with van der Waals surface area (Å²) in [6, 6.07) is 5.14. The van der Waals surface area contributed by atoms with Gasteiger partial charge in [0.15, 0.2) is 0 Å². The van der Waals surface area contributed by atoms with Crippen molar-refractivity contribution in [1.82, 2.24) is 4.98 Å². The fraction of sp³-hybridized carbons (Fsp3) is 0.429. The highest BCUT2D eigenvalue weighted by atomic mass is 19.1. The van der Waals surface area contributed by atoms with Gasteiger partial charge in [0.05, 0.1) is 0 Å². The zero-order valence-electron chi connectivity index (χ0n) is 10.2. The fourth-order valence-corrected chi connectivity index (χ4v) is 3.15. The third-order valence-electron chi connectivity index (χ3n) is 4.43. The summed E-state index contributed by atoms with van der Waals surface area (Å²) in [5.41, 5.74) is 7.94. The predicted molar refractivity (Wildman–Crippen MR) is 67.4 cm³/mol. The molecule has 1 aliphatic carbocycles. The van der Waals surface area contributed by atoms with Crippen molar-refractivity contribution in [2.75, 3.05) is 6.54 Å². The molecular weight excluding hydrogens is 215 g/mol. The molecule has 2 aromatic rings. The van der Waals surface area contributed by atoms with E-state index in [-0.39, 0.29) is 16.6 Å². The standard InChI is InChI=1S/C14H17FN2/c1-13(2)7-14(13,8-16)9-6-17-11-5-3-4-10(15)12(9)11/h3-6,17H,7-8,16H2,1-2H3. The Bertz CT molecular complexity index is 585. The van der Waals surface area contributed by atoms with Crippen LogP contribution < -0.4 is 5.73 Å². The smallest absolute Gasteiger partial charge is 0.132 e. The molecule has 2 nitrogen and oxygen atoms in total. The van der Waals surface area contributed by atoms with Gasteiger partial charge in [0.25, 0.3) is 0 Å². The lowest BCUT2D eigenvalue weighted by Crippen LogP contribution is -2.25. The van der Waals surface area contributed by atoms with Gasteiger partial charge >= 0.3 is 0 Å². The molecule has 0 aliphatic heterocycles. The first-order chi connectivity index (χ1) is 8.02. The van der Waals surface area contributed by atoms with E-state index in [1.807, 2.05) is 12.3 Å². The largest absolute Gasteiger partial charge is 0.361 e. The third-order valence-corrected chi connectivity index (χ3v) is 4.43. The summed E-state index contributed by atoms with van der Waals surface area (Å²) < 4.78 is 14.0. The van der Waals surface area contributed by atoms with Gasteiger partial charge in [-0.1, -0.05) is 19.9 Å². The molecule has 1 aromatic carbocycles. The number of aromatic amines is 1. The minimum absolute atomic E-state index is 0.0621. The molecule has 3 rings (SSSR count). The molecule has 0 amide bonds. The zero-order valence-corrected chi connectivity index (χ0v) is 10.2. The molecule has 1 aliphatic rings. The van der Waals surface area contributed by atoms with Crippen LogP contribution in [-0.4, -0.2) is 11.5 Å². The lowest BCUT2D eigenvalue weighted by atomic mass is 9.87. The van der Waals surface area contributed by atoms with Crippen LogP contribution in [0.2, 0.25) is 0 Å². The van der Waals surface area contributed by atoms with Crippen molar-refractivity contribution >= 4 is 10.9 Å². The third kappa shape index (κ3) is 1.23. The highest BCUT2D eigenvalue weighted by Gasteiger charge is 2.61. The number of fused-ring (bicyclic) bond motifs is 1. The second-order valence-electron chi connectivity index (χ2n) is 5.71. The number of nitrogens with one attached hydrogen (secondary N) is 1. The number of aromatic nitrogens is 1. The fourth-order valence-electron chi connectivity index (χ4n) is 3.15. The van der Waals surface area contributed by atoms with Gasteiger partial charge in [-0.3, -0.25) is 0 Å². The first-order valence-electron chi connectivity index (χ1n) is 5.98. The molecule has 3 heteroatoms. The minimum atomic E-state index is -0.158. The van der Waals surface area contributed by atoms with Crippen LogP contribution in [0.15, 0.2) is 24.4 Å². The van der Waals surface area contributed by atoms with E-state index < -0.39 is 0 Å². The van der Waals surface area contributed by atoms with Crippen molar-refractivity contribution < 1.29 is 4.39 Å². The molecule has 0 radical (unpaired) electrons. The number of rotatable bonds is 2. The van der Waals surface area contributed by atoms with Gasteiger partial charge in [-0.25, -0.2) is 4.39 Å². The number of hydrogen-bond donors (Lipinski definition) is 2. The Morgan fingerprint density at radius 2 is 2.12 bits per heavy atom. The Labute approximate surface area is 100 Å². The van der Waals surface area contributed by atoms with E-state index in [1.165, 1.54) is 6.07 Å². The Morgan fingerprint density at radius 3 is 2.71 bits per heavy atom. The minimum Gasteiger partial charge on any atom is -0.361 e. The first-order valence-corrected chi connectivity index (χ1v) is 5.98. The molecule has 1 unspecified atom stereocenters. The number of hydrogen-bond acceptors (Lipinski definition) is 1. The molecule has 1 aromatic heterocycles. The summed E-state index contributed by atoms with van der Waals surface area (Å²) in [7, 11) is 0. The van der Waals surface area contributed by atoms with E-state index >= 15 is 0 Å². The second kappa shape index (κ2) is 3.10. The zero-order chi connectivity index (χ0) is 12.3. The van der Waals surface area contributed by atoms with Gasteiger partial charge in [-0.05, 0) is 29.5 Å². The van der Waals surface area contributed by atoms with E-state index in [9.17, 15) is 4.39 Å². The van der Waals surface area contributed by atoms with Crippen LogP contribution in [0.3, 0.4) is 0 Å². The van der Waals surface area contributed by atoms with Crippen molar-refractivity contribution in [3.63, 3.8) is 0 Å². The van der Waals surface area contributed by atoms with Crippen LogP contribution >= 0.6 is 0 Å². The summed E-state index contributed by atoms with van der Waals surface area (Å²) in [4.78, 5) is 3.15. The summed E-state index contributed by atoms with van der Waals surface area (Å²) >= 11 is 0. The highest BCUT2D eigenvalue weighted by molar-refractivity contribution is 5.85. The summed E-state index contributed by atoms with van der Waals surface area (Å²) in [5.74, 6) is -0.158. The summed E-state index contributed by atoms with van der Waals surface area (Å²) in [6.07, 6.45) is 2.95. The molecule has 1 atom stereocenters. The quantitative estimate of drug-likeness (QED) is 0.821. The maximum Gasteiger partial charge on any atom is 0.132 e. The van der Waals surface area contributed by atoms with Crippen LogP contribution in [0, 0.1) is 11.2 Å². The number of nitrogens with two attached hydrogens (primary N) is 1. The van der Waals surface area contributed by atoms with E-state index in [4.69, 9.17) is 5.73 Å². The molecular formula is C14H17FN2. The number of benzene rings is 1. The number of H-pyrrole nitrogens is 1. The van der Waals surface area contributed by atoms with Crippen LogP contribution in [0.4, 0.5) is 4.39 Å². The Hall–Kier alpha value is -1.35. The topological polar surface area (TPSA) is 41.8 Å². The maximum atomic E-state index is 14.0. The molecule has 90 valence electrons. The molecule has 3 N–H and O–H groups in total. The van der Waals surface area contributed by atoms with Gasteiger partial charge in [-0.2, -0.15) is 0 Å². The summed E-state index contributed by atoms with van der Waals surface area (Å²) in [6.45, 7) is 4.96. The normalized spacial score (nSPS) is 26.4. The highest BCUT2D eigenvalue weighted by Crippen LogP contribution is 2.64. The van der Waals surface area contributed by atoms with Gasteiger partial charge in [0.2, 0.25) is 0 Å². The van der Waals surface area contributed by atoms with Crippen molar-refractivity contribution in [1.29, 1.82) is 0 Å². The van der Waals surface area contributed by atoms with Crippen LogP contribution in [0.25, 0.3) is 10.9 Å². The monoisotopic (exact) mass is 232 g/mol.